The topological polar surface area (TPSA) is 55.8 Å². The summed E-state index contributed by atoms with van der Waals surface area (Å²) < 4.78 is 23.3. The number of esters is 1. The molecule has 0 aromatic heterocycles. The Labute approximate surface area is 158 Å². The van der Waals surface area contributed by atoms with Crippen LogP contribution in [0.25, 0.3) is 0 Å². The maximum Gasteiger partial charge on any atom is 0.307 e. The number of hydrogen-bond acceptors (Lipinski definition) is 4. The molecule has 0 saturated heterocycles. The first kappa shape index (κ1) is 20.4. The number of ether oxygens (including phenoxy) is 2. The number of amides is 1. The van der Waals surface area contributed by atoms with Crippen LogP contribution in [0.1, 0.15) is 24.5 Å². The van der Waals surface area contributed by atoms with E-state index in [2.05, 4.69) is 11.7 Å². The molecule has 5 nitrogen and oxygen atoms in total. The monoisotopic (exact) mass is 373 g/mol. The maximum atomic E-state index is 13.1. The lowest BCUT2D eigenvalue weighted by molar-refractivity contribution is -0.142. The van der Waals surface area contributed by atoms with Gasteiger partial charge in [0, 0.05) is 13.1 Å². The second-order valence-electron chi connectivity index (χ2n) is 6.05. The van der Waals surface area contributed by atoms with Gasteiger partial charge in [-0.15, -0.1) is 0 Å². The molecule has 0 bridgehead atoms. The third kappa shape index (κ3) is 6.73. The summed E-state index contributed by atoms with van der Waals surface area (Å²) >= 11 is 0. The van der Waals surface area contributed by atoms with E-state index in [0.717, 1.165) is 12.0 Å². The highest BCUT2D eigenvalue weighted by Crippen LogP contribution is 2.13. The van der Waals surface area contributed by atoms with Gasteiger partial charge in [0.2, 0.25) is 0 Å². The van der Waals surface area contributed by atoms with Crippen LogP contribution in [0.5, 0.6) is 5.75 Å². The van der Waals surface area contributed by atoms with Gasteiger partial charge < -0.3 is 14.4 Å². The van der Waals surface area contributed by atoms with Gasteiger partial charge in [-0.05, 0) is 41.8 Å². The van der Waals surface area contributed by atoms with Crippen molar-refractivity contribution < 1.29 is 23.5 Å². The number of methoxy groups -OCH3 is 1. The highest BCUT2D eigenvalue weighted by Gasteiger charge is 2.17. The third-order valence-electron chi connectivity index (χ3n) is 4.15. The van der Waals surface area contributed by atoms with Gasteiger partial charge in [-0.25, -0.2) is 4.39 Å². The summed E-state index contributed by atoms with van der Waals surface area (Å²) in [6.45, 7) is 2.37. The minimum Gasteiger partial charge on any atom is -0.484 e. The Bertz CT molecular complexity index is 744. The average Bonchev–Trinajstić information content (AvgIpc) is 2.70. The number of halogens is 1. The molecule has 0 radical (unpaired) electrons. The van der Waals surface area contributed by atoms with Crippen LogP contribution in [0.15, 0.2) is 48.5 Å². The predicted octanol–water partition coefficient (Wildman–Crippen LogP) is 3.36. The Morgan fingerprint density at radius 1 is 1.00 bits per heavy atom. The number of carbonyl (C=O) groups excluding carboxylic acids is 2. The molecular weight excluding hydrogens is 349 g/mol. The normalized spacial score (nSPS) is 10.3. The van der Waals surface area contributed by atoms with Crippen LogP contribution in [0.3, 0.4) is 0 Å². The molecular formula is C21H24FNO4. The minimum atomic E-state index is -0.400. The summed E-state index contributed by atoms with van der Waals surface area (Å²) in [5.41, 5.74) is 1.95. The Morgan fingerprint density at radius 2 is 1.63 bits per heavy atom. The van der Waals surface area contributed by atoms with E-state index >= 15 is 0 Å². The van der Waals surface area contributed by atoms with Crippen molar-refractivity contribution >= 4 is 11.9 Å². The van der Waals surface area contributed by atoms with Crippen LogP contribution < -0.4 is 4.74 Å². The van der Waals surface area contributed by atoms with Crippen LogP contribution in [0, 0.1) is 5.82 Å². The molecule has 0 saturated carbocycles. The molecule has 0 N–H and O–H groups in total. The second kappa shape index (κ2) is 10.3. The Kier molecular flexibility index (Phi) is 7.79. The Morgan fingerprint density at radius 3 is 2.22 bits per heavy atom. The molecule has 2 rings (SSSR count). The third-order valence-corrected chi connectivity index (χ3v) is 4.15. The van der Waals surface area contributed by atoms with Crippen LogP contribution in [0.2, 0.25) is 0 Å². The number of benzene rings is 2. The van der Waals surface area contributed by atoms with E-state index in [1.807, 2.05) is 24.3 Å². The fraction of sp³-hybridized carbons (Fsp3) is 0.333. The molecule has 0 atom stereocenters. The van der Waals surface area contributed by atoms with Crippen molar-refractivity contribution in [1.82, 2.24) is 4.90 Å². The first-order valence-corrected chi connectivity index (χ1v) is 8.82. The van der Waals surface area contributed by atoms with E-state index < -0.39 is 5.97 Å². The van der Waals surface area contributed by atoms with Gasteiger partial charge in [-0.2, -0.15) is 0 Å². The molecule has 0 unspecified atom stereocenters. The van der Waals surface area contributed by atoms with Crippen LogP contribution in [-0.2, 0) is 27.3 Å². The highest BCUT2D eigenvalue weighted by atomic mass is 19.1. The van der Waals surface area contributed by atoms with E-state index in [9.17, 15) is 14.0 Å². The van der Waals surface area contributed by atoms with Gasteiger partial charge in [-0.3, -0.25) is 9.59 Å². The molecule has 0 spiro atoms. The molecule has 0 aliphatic heterocycles. The lowest BCUT2D eigenvalue weighted by Gasteiger charge is -2.22. The Hall–Kier alpha value is -2.89. The van der Waals surface area contributed by atoms with Gasteiger partial charge in [0.1, 0.15) is 11.6 Å². The molecule has 144 valence electrons. The van der Waals surface area contributed by atoms with E-state index in [1.165, 1.54) is 29.7 Å². The molecule has 27 heavy (non-hydrogen) atoms. The second-order valence-corrected chi connectivity index (χ2v) is 6.05. The highest BCUT2D eigenvalue weighted by molar-refractivity contribution is 5.78. The van der Waals surface area contributed by atoms with Crippen molar-refractivity contribution in [3.05, 3.63) is 65.5 Å². The van der Waals surface area contributed by atoms with E-state index in [0.29, 0.717) is 5.75 Å². The first-order valence-electron chi connectivity index (χ1n) is 8.82. The van der Waals surface area contributed by atoms with Crippen molar-refractivity contribution in [2.24, 2.45) is 0 Å². The van der Waals surface area contributed by atoms with E-state index in [-0.39, 0.29) is 37.8 Å². The number of hydrogen-bond donors (Lipinski definition) is 0. The summed E-state index contributed by atoms with van der Waals surface area (Å²) in [6, 6.07) is 13.4. The molecule has 0 heterocycles. The standard InChI is InChI=1S/C21H24FNO4/c1-3-16-6-10-19(11-7-16)27-15-20(24)23(13-12-21(25)26-2)14-17-4-8-18(22)9-5-17/h4-11H,3,12-15H2,1-2H3. The quantitative estimate of drug-likeness (QED) is 0.633. The molecule has 1 amide bonds. The van der Waals surface area contributed by atoms with Gasteiger partial charge >= 0.3 is 5.97 Å². The first-order chi connectivity index (χ1) is 13.0. The van der Waals surface area contributed by atoms with E-state index in [1.54, 1.807) is 12.1 Å². The Balaban J connectivity index is 1.99. The van der Waals surface area contributed by atoms with Crippen LogP contribution in [-0.4, -0.2) is 37.0 Å². The molecule has 2 aromatic carbocycles. The average molecular weight is 373 g/mol. The summed E-state index contributed by atoms with van der Waals surface area (Å²) in [4.78, 5) is 25.5. The SMILES string of the molecule is CCc1ccc(OCC(=O)N(CCC(=O)OC)Cc2ccc(F)cc2)cc1. The lowest BCUT2D eigenvalue weighted by Crippen LogP contribution is -2.36. The van der Waals surface area contributed by atoms with Crippen LogP contribution >= 0.6 is 0 Å². The molecule has 2 aromatic rings. The van der Waals surface area contributed by atoms with Gasteiger partial charge in [0.25, 0.3) is 5.91 Å². The fourth-order valence-electron chi connectivity index (χ4n) is 2.49. The van der Waals surface area contributed by atoms with Gasteiger partial charge in [-0.1, -0.05) is 31.2 Å². The lowest BCUT2D eigenvalue weighted by atomic mass is 10.2. The summed E-state index contributed by atoms with van der Waals surface area (Å²) in [5, 5.41) is 0. The number of carbonyl (C=O) groups is 2. The number of aryl methyl sites for hydroxylation is 1. The molecule has 0 fully saturated rings. The molecule has 6 heteroatoms. The number of rotatable bonds is 9. The van der Waals surface area contributed by atoms with Crippen LogP contribution in [0.4, 0.5) is 4.39 Å². The summed E-state index contributed by atoms with van der Waals surface area (Å²) in [7, 11) is 1.30. The van der Waals surface area contributed by atoms with Gasteiger partial charge in [0.15, 0.2) is 6.61 Å². The zero-order valence-corrected chi connectivity index (χ0v) is 15.6. The zero-order chi connectivity index (χ0) is 19.6. The van der Waals surface area contributed by atoms with Crippen molar-refractivity contribution in [2.45, 2.75) is 26.3 Å². The van der Waals surface area contributed by atoms with E-state index in [4.69, 9.17) is 4.74 Å². The maximum absolute atomic E-state index is 13.1. The van der Waals surface area contributed by atoms with Crippen molar-refractivity contribution in [1.29, 1.82) is 0 Å². The molecule has 0 aliphatic rings. The fourth-order valence-corrected chi connectivity index (χ4v) is 2.49. The van der Waals surface area contributed by atoms with Crippen molar-refractivity contribution in [2.75, 3.05) is 20.3 Å². The van der Waals surface area contributed by atoms with Gasteiger partial charge in [0.05, 0.1) is 13.5 Å². The zero-order valence-electron chi connectivity index (χ0n) is 15.6. The summed E-state index contributed by atoms with van der Waals surface area (Å²) in [6.07, 6.45) is 1.01. The largest absolute Gasteiger partial charge is 0.484 e. The van der Waals surface area contributed by atoms with Crippen molar-refractivity contribution in [3.63, 3.8) is 0 Å². The van der Waals surface area contributed by atoms with Crippen molar-refractivity contribution in [3.8, 4) is 5.75 Å². The minimum absolute atomic E-state index is 0.0780. The summed E-state index contributed by atoms with van der Waals surface area (Å²) in [5.74, 6) is -0.397. The predicted molar refractivity (Wildman–Crippen MR) is 99.8 cm³/mol. The molecule has 0 aliphatic carbocycles. The smallest absolute Gasteiger partial charge is 0.307 e. The number of nitrogens with zero attached hydrogens (tertiary/aromatic N) is 1.